The molecule has 1 heterocycles. The van der Waals surface area contributed by atoms with Crippen molar-refractivity contribution >= 4 is 32.8 Å². The summed E-state index contributed by atoms with van der Waals surface area (Å²) in [5.74, 6) is -0.291. The lowest BCUT2D eigenvalue weighted by atomic mass is 10.0. The van der Waals surface area contributed by atoms with Gasteiger partial charge < -0.3 is 5.32 Å². The van der Waals surface area contributed by atoms with Gasteiger partial charge in [-0.25, -0.2) is 8.42 Å². The van der Waals surface area contributed by atoms with Crippen LogP contribution in [0.2, 0.25) is 0 Å². The van der Waals surface area contributed by atoms with Gasteiger partial charge >= 0.3 is 0 Å². The van der Waals surface area contributed by atoms with Crippen molar-refractivity contribution in [2.45, 2.75) is 11.3 Å². The normalized spacial score (nSPS) is 14.0. The zero-order valence-corrected chi connectivity index (χ0v) is 13.6. The number of nitrogens with one attached hydrogen (secondary N) is 1. The van der Waals surface area contributed by atoms with E-state index in [1.807, 2.05) is 0 Å². The number of aliphatic imine (C=N–C) groups is 1. The van der Waals surface area contributed by atoms with Crippen LogP contribution in [0.15, 0.2) is 52.4 Å². The number of rotatable bonds is 2. The van der Waals surface area contributed by atoms with E-state index < -0.39 is 9.84 Å². The largest absolute Gasteiger partial charge is 0.324 e. The molecule has 0 spiro atoms. The van der Waals surface area contributed by atoms with Gasteiger partial charge in [-0.1, -0.05) is 12.1 Å². The van der Waals surface area contributed by atoms with Crippen LogP contribution in [-0.4, -0.2) is 26.3 Å². The van der Waals surface area contributed by atoms with Gasteiger partial charge in [0.2, 0.25) is 5.91 Å². The Bertz CT molecular complexity index is 1020. The Morgan fingerprint density at radius 2 is 2.00 bits per heavy atom. The van der Waals surface area contributed by atoms with Crippen LogP contribution >= 0.6 is 0 Å². The number of carbonyl (C=O) groups is 1. The standard InChI is InChI=1S/C17H13N3O3S/c1-24(22,23)13-5-6-14-16(8-13)20-17(21)9-15(19-14)12-4-2-3-11(7-12)10-18/h2-8H,9H2,1H3,(H,20,21). The molecule has 1 N–H and O–H groups in total. The number of nitrogens with zero attached hydrogens (tertiary/aromatic N) is 2. The fourth-order valence-electron chi connectivity index (χ4n) is 2.41. The second-order valence-electron chi connectivity index (χ2n) is 5.43. The predicted octanol–water partition coefficient (Wildman–Crippen LogP) is 2.42. The fourth-order valence-corrected chi connectivity index (χ4v) is 3.06. The lowest BCUT2D eigenvalue weighted by Gasteiger charge is -2.06. The van der Waals surface area contributed by atoms with Crippen molar-refractivity contribution in [1.82, 2.24) is 0 Å². The average molecular weight is 339 g/mol. The van der Waals surface area contributed by atoms with E-state index in [4.69, 9.17) is 5.26 Å². The third-order valence-corrected chi connectivity index (χ3v) is 4.69. The molecule has 0 fully saturated rings. The molecule has 3 rings (SSSR count). The van der Waals surface area contributed by atoms with Gasteiger partial charge in [-0.15, -0.1) is 0 Å². The molecular formula is C17H13N3O3S. The Hall–Kier alpha value is -2.98. The highest BCUT2D eigenvalue weighted by atomic mass is 32.2. The lowest BCUT2D eigenvalue weighted by Crippen LogP contribution is -2.15. The number of benzene rings is 2. The van der Waals surface area contributed by atoms with Gasteiger partial charge in [0.25, 0.3) is 0 Å². The Morgan fingerprint density at radius 3 is 2.71 bits per heavy atom. The molecule has 0 saturated carbocycles. The van der Waals surface area contributed by atoms with E-state index in [-0.39, 0.29) is 17.2 Å². The first-order valence-electron chi connectivity index (χ1n) is 7.09. The van der Waals surface area contributed by atoms with Gasteiger partial charge in [-0.3, -0.25) is 9.79 Å². The van der Waals surface area contributed by atoms with Crippen molar-refractivity contribution in [2.75, 3.05) is 11.6 Å². The molecule has 0 unspecified atom stereocenters. The first-order valence-corrected chi connectivity index (χ1v) is 8.98. The summed E-state index contributed by atoms with van der Waals surface area (Å²) in [6, 6.07) is 13.3. The highest BCUT2D eigenvalue weighted by Crippen LogP contribution is 2.31. The summed E-state index contributed by atoms with van der Waals surface area (Å²) in [4.78, 5) is 16.7. The molecule has 0 saturated heterocycles. The van der Waals surface area contributed by atoms with Gasteiger partial charge in [-0.2, -0.15) is 5.26 Å². The molecule has 0 aromatic heterocycles. The monoisotopic (exact) mass is 339 g/mol. The van der Waals surface area contributed by atoms with Crippen LogP contribution in [0.4, 0.5) is 11.4 Å². The molecule has 1 aliphatic heterocycles. The van der Waals surface area contributed by atoms with Crippen LogP contribution in [0.25, 0.3) is 0 Å². The molecule has 0 atom stereocenters. The molecule has 1 amide bonds. The highest BCUT2D eigenvalue weighted by molar-refractivity contribution is 7.90. The predicted molar refractivity (Wildman–Crippen MR) is 90.2 cm³/mol. The lowest BCUT2D eigenvalue weighted by molar-refractivity contribution is -0.115. The van der Waals surface area contributed by atoms with E-state index >= 15 is 0 Å². The van der Waals surface area contributed by atoms with Crippen molar-refractivity contribution in [3.05, 3.63) is 53.6 Å². The maximum absolute atomic E-state index is 12.1. The molecule has 0 radical (unpaired) electrons. The summed E-state index contributed by atoms with van der Waals surface area (Å²) in [5.41, 5.74) is 2.52. The third kappa shape index (κ3) is 3.19. The molecular weight excluding hydrogens is 326 g/mol. The van der Waals surface area contributed by atoms with Gasteiger partial charge in [0.05, 0.1) is 40.0 Å². The topological polar surface area (TPSA) is 99.4 Å². The van der Waals surface area contributed by atoms with Gasteiger partial charge in [0.15, 0.2) is 9.84 Å². The summed E-state index contributed by atoms with van der Waals surface area (Å²) in [5, 5.41) is 11.7. The second-order valence-corrected chi connectivity index (χ2v) is 7.44. The van der Waals surface area contributed by atoms with E-state index in [1.165, 1.54) is 12.1 Å². The summed E-state index contributed by atoms with van der Waals surface area (Å²) < 4.78 is 23.3. The average Bonchev–Trinajstić information content (AvgIpc) is 2.71. The molecule has 0 bridgehead atoms. The first-order chi connectivity index (χ1) is 11.4. The number of carbonyl (C=O) groups excluding carboxylic acids is 1. The molecule has 2 aromatic carbocycles. The van der Waals surface area contributed by atoms with Crippen LogP contribution < -0.4 is 5.32 Å². The fraction of sp³-hybridized carbons (Fsp3) is 0.118. The Kier molecular flexibility index (Phi) is 3.91. The summed E-state index contributed by atoms with van der Waals surface area (Å²) >= 11 is 0. The molecule has 6 nitrogen and oxygen atoms in total. The quantitative estimate of drug-likeness (QED) is 0.908. The van der Waals surface area contributed by atoms with E-state index in [0.29, 0.717) is 28.2 Å². The van der Waals surface area contributed by atoms with Crippen molar-refractivity contribution < 1.29 is 13.2 Å². The van der Waals surface area contributed by atoms with Gasteiger partial charge in [-0.05, 0) is 35.9 Å². The van der Waals surface area contributed by atoms with Crippen LogP contribution in [0.1, 0.15) is 17.5 Å². The first kappa shape index (κ1) is 15.9. The number of nitriles is 1. The van der Waals surface area contributed by atoms with Crippen LogP contribution in [-0.2, 0) is 14.6 Å². The number of anilines is 1. The molecule has 0 aliphatic carbocycles. The second kappa shape index (κ2) is 5.91. The van der Waals surface area contributed by atoms with Crippen LogP contribution in [0.5, 0.6) is 0 Å². The number of amides is 1. The molecule has 120 valence electrons. The van der Waals surface area contributed by atoms with Crippen molar-refractivity contribution in [3.8, 4) is 6.07 Å². The van der Waals surface area contributed by atoms with E-state index in [2.05, 4.69) is 16.4 Å². The van der Waals surface area contributed by atoms with Crippen molar-refractivity contribution in [2.24, 2.45) is 4.99 Å². The molecule has 7 heteroatoms. The number of fused-ring (bicyclic) bond motifs is 1. The minimum Gasteiger partial charge on any atom is -0.324 e. The smallest absolute Gasteiger partial charge is 0.230 e. The Labute approximate surface area is 139 Å². The molecule has 24 heavy (non-hydrogen) atoms. The molecule has 2 aromatic rings. The van der Waals surface area contributed by atoms with Crippen molar-refractivity contribution in [3.63, 3.8) is 0 Å². The minimum atomic E-state index is -3.38. The maximum atomic E-state index is 12.1. The summed E-state index contributed by atoms with van der Waals surface area (Å²) in [6.07, 6.45) is 1.15. The summed E-state index contributed by atoms with van der Waals surface area (Å²) in [7, 11) is -3.38. The van der Waals surface area contributed by atoms with Crippen LogP contribution in [0, 0.1) is 11.3 Å². The zero-order valence-electron chi connectivity index (χ0n) is 12.8. The highest BCUT2D eigenvalue weighted by Gasteiger charge is 2.19. The van der Waals surface area contributed by atoms with E-state index in [9.17, 15) is 13.2 Å². The van der Waals surface area contributed by atoms with Gasteiger partial charge in [0.1, 0.15) is 0 Å². The van der Waals surface area contributed by atoms with Crippen molar-refractivity contribution in [1.29, 1.82) is 5.26 Å². The SMILES string of the molecule is CS(=O)(=O)c1ccc2c(c1)NC(=O)CC(c1cccc(C#N)c1)=N2. The molecule has 1 aliphatic rings. The Balaban J connectivity index is 2.12. The number of hydrogen-bond acceptors (Lipinski definition) is 5. The van der Waals surface area contributed by atoms with Gasteiger partial charge in [0, 0.05) is 6.26 Å². The maximum Gasteiger partial charge on any atom is 0.230 e. The summed E-state index contributed by atoms with van der Waals surface area (Å²) in [6.45, 7) is 0. The Morgan fingerprint density at radius 1 is 1.21 bits per heavy atom. The third-order valence-electron chi connectivity index (χ3n) is 3.58. The van der Waals surface area contributed by atoms with E-state index in [1.54, 1.807) is 30.3 Å². The number of sulfone groups is 1. The number of hydrogen-bond donors (Lipinski definition) is 1. The zero-order chi connectivity index (χ0) is 17.3. The van der Waals surface area contributed by atoms with E-state index in [0.717, 1.165) is 6.26 Å². The minimum absolute atomic E-state index is 0.0395. The van der Waals surface area contributed by atoms with Crippen LogP contribution in [0.3, 0.4) is 0 Å².